The summed E-state index contributed by atoms with van der Waals surface area (Å²) < 4.78 is 2.03. The zero-order valence-corrected chi connectivity index (χ0v) is 19.9. The van der Waals surface area contributed by atoms with Gasteiger partial charge in [-0.05, 0) is 44.9 Å². The minimum absolute atomic E-state index is 0.0186. The van der Waals surface area contributed by atoms with Gasteiger partial charge in [0.1, 0.15) is 5.02 Å². The Labute approximate surface area is 193 Å². The summed E-state index contributed by atoms with van der Waals surface area (Å²) in [6, 6.07) is 4.26. The molecule has 0 aliphatic carbocycles. The first kappa shape index (κ1) is 23.2. The second kappa shape index (κ2) is 9.80. The van der Waals surface area contributed by atoms with Crippen LogP contribution in [0.3, 0.4) is 0 Å². The number of carbonyl (C=O) groups is 1. The Hall–Kier alpha value is -2.43. The van der Waals surface area contributed by atoms with Crippen LogP contribution in [0.2, 0.25) is 5.02 Å². The molecule has 0 spiro atoms. The molecular formula is C20H22ClN5O3S2. The number of nitro benzene ring substituents is 1. The first-order chi connectivity index (χ1) is 14.7. The SMILES string of the molecule is CCc1c(-c2nnc(SCC(=O)Nc3ccc(Cl)c([N+](=O)[O-])c3)n2C(C)C)csc1C. The maximum Gasteiger partial charge on any atom is 0.289 e. The predicted molar refractivity (Wildman–Crippen MR) is 125 cm³/mol. The van der Waals surface area contributed by atoms with E-state index in [0.717, 1.165) is 17.8 Å². The van der Waals surface area contributed by atoms with E-state index in [1.807, 2.05) is 4.57 Å². The second-order valence-electron chi connectivity index (χ2n) is 7.07. The number of halogens is 1. The molecule has 3 rings (SSSR count). The fourth-order valence-corrected chi connectivity index (χ4v) is 5.18. The van der Waals surface area contributed by atoms with Crippen LogP contribution in [0.1, 0.15) is 37.3 Å². The molecule has 0 saturated heterocycles. The molecule has 2 heterocycles. The van der Waals surface area contributed by atoms with Crippen molar-refractivity contribution in [2.45, 2.75) is 45.3 Å². The third kappa shape index (κ3) is 5.08. The van der Waals surface area contributed by atoms with E-state index in [-0.39, 0.29) is 28.4 Å². The molecule has 0 aliphatic rings. The van der Waals surface area contributed by atoms with Crippen LogP contribution in [0.25, 0.3) is 11.4 Å². The lowest BCUT2D eigenvalue weighted by atomic mass is 10.1. The van der Waals surface area contributed by atoms with Gasteiger partial charge in [-0.2, -0.15) is 0 Å². The zero-order chi connectivity index (χ0) is 22.7. The van der Waals surface area contributed by atoms with Crippen LogP contribution in [0.4, 0.5) is 11.4 Å². The van der Waals surface area contributed by atoms with E-state index in [1.54, 1.807) is 11.3 Å². The summed E-state index contributed by atoms with van der Waals surface area (Å²) in [7, 11) is 0. The van der Waals surface area contributed by atoms with E-state index in [4.69, 9.17) is 11.6 Å². The van der Waals surface area contributed by atoms with Gasteiger partial charge < -0.3 is 5.32 Å². The number of thioether (sulfide) groups is 1. The summed E-state index contributed by atoms with van der Waals surface area (Å²) in [6.45, 7) is 8.32. The molecule has 2 aromatic heterocycles. The van der Waals surface area contributed by atoms with E-state index in [1.165, 1.54) is 40.4 Å². The van der Waals surface area contributed by atoms with Gasteiger partial charge in [-0.25, -0.2) is 0 Å². The minimum atomic E-state index is -0.587. The second-order valence-corrected chi connectivity index (χ2v) is 9.50. The smallest absolute Gasteiger partial charge is 0.289 e. The molecule has 0 bridgehead atoms. The molecule has 0 atom stereocenters. The topological polar surface area (TPSA) is 103 Å². The molecule has 0 unspecified atom stereocenters. The van der Waals surface area contributed by atoms with E-state index >= 15 is 0 Å². The molecule has 3 aromatic rings. The molecule has 0 saturated carbocycles. The Balaban J connectivity index is 1.76. The summed E-state index contributed by atoms with van der Waals surface area (Å²) in [4.78, 5) is 24.1. The van der Waals surface area contributed by atoms with Crippen LogP contribution >= 0.6 is 34.7 Å². The van der Waals surface area contributed by atoms with Crippen molar-refractivity contribution in [3.63, 3.8) is 0 Å². The molecule has 1 N–H and O–H groups in total. The highest BCUT2D eigenvalue weighted by Gasteiger charge is 2.21. The van der Waals surface area contributed by atoms with Crippen LogP contribution in [0.15, 0.2) is 28.7 Å². The van der Waals surface area contributed by atoms with Crippen LogP contribution in [-0.4, -0.2) is 31.3 Å². The molecule has 11 heteroatoms. The van der Waals surface area contributed by atoms with Gasteiger partial charge in [-0.1, -0.05) is 30.3 Å². The Kier molecular flexibility index (Phi) is 7.34. The number of hydrogen-bond donors (Lipinski definition) is 1. The normalized spacial score (nSPS) is 11.2. The summed E-state index contributed by atoms with van der Waals surface area (Å²) in [5, 5.41) is 25.2. The van der Waals surface area contributed by atoms with Crippen molar-refractivity contribution < 1.29 is 9.72 Å². The van der Waals surface area contributed by atoms with Crippen molar-refractivity contribution in [3.05, 3.63) is 49.2 Å². The molecule has 0 fully saturated rings. The minimum Gasteiger partial charge on any atom is -0.325 e. The van der Waals surface area contributed by atoms with E-state index in [9.17, 15) is 14.9 Å². The Morgan fingerprint density at radius 1 is 1.39 bits per heavy atom. The molecule has 1 aromatic carbocycles. The van der Waals surface area contributed by atoms with Crippen LogP contribution in [0, 0.1) is 17.0 Å². The van der Waals surface area contributed by atoms with E-state index < -0.39 is 4.92 Å². The average molecular weight is 480 g/mol. The van der Waals surface area contributed by atoms with Gasteiger partial charge in [0.25, 0.3) is 5.69 Å². The highest BCUT2D eigenvalue weighted by molar-refractivity contribution is 7.99. The van der Waals surface area contributed by atoms with Gasteiger partial charge in [-0.3, -0.25) is 19.5 Å². The maximum absolute atomic E-state index is 12.4. The lowest BCUT2D eigenvalue weighted by Gasteiger charge is -2.14. The Morgan fingerprint density at radius 3 is 2.77 bits per heavy atom. The lowest BCUT2D eigenvalue weighted by molar-refractivity contribution is -0.384. The maximum atomic E-state index is 12.4. The predicted octanol–water partition coefficient (Wildman–Crippen LogP) is 5.75. The number of nitrogens with zero attached hydrogens (tertiary/aromatic N) is 4. The number of hydrogen-bond acceptors (Lipinski definition) is 7. The van der Waals surface area contributed by atoms with Gasteiger partial charge in [-0.15, -0.1) is 21.5 Å². The van der Waals surface area contributed by atoms with Crippen molar-refractivity contribution in [2.75, 3.05) is 11.1 Å². The Bertz CT molecular complexity index is 1130. The van der Waals surface area contributed by atoms with Gasteiger partial charge in [0.05, 0.1) is 10.7 Å². The lowest BCUT2D eigenvalue weighted by Crippen LogP contribution is -2.15. The standard InChI is InChI=1S/C20H22ClN5O3S2/c1-5-14-12(4)30-9-15(14)19-23-24-20(25(19)11(2)3)31-10-18(27)22-13-6-7-16(21)17(8-13)26(28)29/h6-9,11H,5,10H2,1-4H3,(H,22,27). The van der Waals surface area contributed by atoms with Gasteiger partial charge in [0, 0.05) is 33.6 Å². The van der Waals surface area contributed by atoms with Crippen molar-refractivity contribution in [1.29, 1.82) is 0 Å². The monoisotopic (exact) mass is 479 g/mol. The first-order valence-corrected chi connectivity index (χ1v) is 11.9. The molecule has 0 radical (unpaired) electrons. The highest BCUT2D eigenvalue weighted by atomic mass is 35.5. The molecular weight excluding hydrogens is 458 g/mol. The summed E-state index contributed by atoms with van der Waals surface area (Å²) in [5.41, 5.74) is 2.40. The number of carbonyl (C=O) groups excluding carboxylic acids is 1. The number of benzene rings is 1. The quantitative estimate of drug-likeness (QED) is 0.250. The van der Waals surface area contributed by atoms with Crippen LogP contribution in [0.5, 0.6) is 0 Å². The fraction of sp³-hybridized carbons (Fsp3) is 0.350. The summed E-state index contributed by atoms with van der Waals surface area (Å²) >= 11 is 8.78. The molecule has 31 heavy (non-hydrogen) atoms. The van der Waals surface area contributed by atoms with Gasteiger partial charge >= 0.3 is 0 Å². The number of nitro groups is 1. The van der Waals surface area contributed by atoms with Crippen molar-refractivity contribution in [1.82, 2.24) is 14.8 Å². The number of amides is 1. The van der Waals surface area contributed by atoms with E-state index in [0.29, 0.717) is 10.8 Å². The third-order valence-electron chi connectivity index (χ3n) is 4.64. The third-order valence-corrected chi connectivity index (χ3v) is 6.85. The zero-order valence-electron chi connectivity index (χ0n) is 17.5. The highest BCUT2D eigenvalue weighted by Crippen LogP contribution is 2.34. The number of nitrogens with one attached hydrogen (secondary N) is 1. The number of thiophene rings is 1. The molecule has 8 nitrogen and oxygen atoms in total. The van der Waals surface area contributed by atoms with Gasteiger partial charge in [0.2, 0.25) is 5.91 Å². The van der Waals surface area contributed by atoms with Crippen LogP contribution in [-0.2, 0) is 11.2 Å². The van der Waals surface area contributed by atoms with E-state index in [2.05, 4.69) is 48.6 Å². The molecule has 1 amide bonds. The summed E-state index contributed by atoms with van der Waals surface area (Å²) in [6.07, 6.45) is 0.910. The average Bonchev–Trinajstić information content (AvgIpc) is 3.30. The largest absolute Gasteiger partial charge is 0.325 e. The Morgan fingerprint density at radius 2 is 2.13 bits per heavy atom. The number of aromatic nitrogens is 3. The molecule has 0 aliphatic heterocycles. The number of anilines is 1. The molecule has 164 valence electrons. The van der Waals surface area contributed by atoms with Crippen molar-refractivity contribution in [3.8, 4) is 11.4 Å². The fourth-order valence-electron chi connectivity index (χ4n) is 3.19. The van der Waals surface area contributed by atoms with Crippen LogP contribution < -0.4 is 5.32 Å². The van der Waals surface area contributed by atoms with Gasteiger partial charge in [0.15, 0.2) is 11.0 Å². The van der Waals surface area contributed by atoms with Crippen molar-refractivity contribution >= 4 is 52.0 Å². The first-order valence-electron chi connectivity index (χ1n) is 9.61. The summed E-state index contributed by atoms with van der Waals surface area (Å²) in [5.74, 6) is 0.583. The number of rotatable bonds is 8. The number of aryl methyl sites for hydroxylation is 1. The van der Waals surface area contributed by atoms with Crippen molar-refractivity contribution in [2.24, 2.45) is 0 Å².